The van der Waals surface area contributed by atoms with Crippen molar-refractivity contribution in [3.8, 4) is 5.75 Å². The summed E-state index contributed by atoms with van der Waals surface area (Å²) in [5.41, 5.74) is -0.225. The maximum atomic E-state index is 10.4. The molecule has 0 spiro atoms. The monoisotopic (exact) mass is 243 g/mol. The largest absolute Gasteiger partial charge is 0.496 e. The van der Waals surface area contributed by atoms with E-state index in [1.165, 1.54) is 0 Å². The van der Waals surface area contributed by atoms with Crippen LogP contribution in [0.3, 0.4) is 0 Å². The van der Waals surface area contributed by atoms with Crippen molar-refractivity contribution in [3.05, 3.63) is 28.8 Å². The lowest BCUT2D eigenvalue weighted by Gasteiger charge is -2.25. The normalized spacial score (nSPS) is 14.6. The van der Waals surface area contributed by atoms with Crippen LogP contribution >= 0.6 is 11.6 Å². The van der Waals surface area contributed by atoms with Gasteiger partial charge in [0, 0.05) is 10.6 Å². The van der Waals surface area contributed by atoms with Gasteiger partial charge in [-0.25, -0.2) is 0 Å². The molecule has 4 heteroatoms. The molecule has 1 aromatic carbocycles. The summed E-state index contributed by atoms with van der Waals surface area (Å²) in [6, 6.07) is 5.26. The quantitative estimate of drug-likeness (QED) is 0.833. The van der Waals surface area contributed by atoms with E-state index in [0.29, 0.717) is 17.2 Å². The third kappa shape index (κ3) is 3.11. The molecule has 0 aromatic heterocycles. The van der Waals surface area contributed by atoms with Crippen LogP contribution < -0.4 is 10.1 Å². The van der Waals surface area contributed by atoms with Crippen molar-refractivity contribution in [2.75, 3.05) is 20.7 Å². The lowest BCUT2D eigenvalue weighted by atomic mass is 9.91. The summed E-state index contributed by atoms with van der Waals surface area (Å²) in [5, 5.41) is 14.0. The van der Waals surface area contributed by atoms with Gasteiger partial charge in [-0.3, -0.25) is 0 Å². The van der Waals surface area contributed by atoms with Crippen molar-refractivity contribution in [3.63, 3.8) is 0 Å². The van der Waals surface area contributed by atoms with E-state index in [2.05, 4.69) is 5.32 Å². The number of hydrogen-bond donors (Lipinski definition) is 2. The van der Waals surface area contributed by atoms with E-state index in [4.69, 9.17) is 16.3 Å². The molecule has 1 rings (SSSR count). The Balaban J connectivity index is 3.04. The van der Waals surface area contributed by atoms with Gasteiger partial charge >= 0.3 is 0 Å². The Hall–Kier alpha value is -0.770. The summed E-state index contributed by atoms with van der Waals surface area (Å²) in [7, 11) is 3.44. The van der Waals surface area contributed by atoms with Gasteiger partial charge in [0.05, 0.1) is 12.7 Å². The predicted molar refractivity (Wildman–Crippen MR) is 66.1 cm³/mol. The SMILES string of the molecule is CNCCC(C)(O)c1cc(Cl)ccc1OC. The van der Waals surface area contributed by atoms with Gasteiger partial charge in [0.25, 0.3) is 0 Å². The molecular weight excluding hydrogens is 226 g/mol. The van der Waals surface area contributed by atoms with Crippen molar-refractivity contribution in [1.82, 2.24) is 5.32 Å². The molecule has 1 unspecified atom stereocenters. The summed E-state index contributed by atoms with van der Waals surface area (Å²) >= 11 is 5.93. The average molecular weight is 244 g/mol. The summed E-state index contributed by atoms with van der Waals surface area (Å²) < 4.78 is 5.23. The molecule has 3 nitrogen and oxygen atoms in total. The Bertz CT molecular complexity index is 353. The first-order valence-corrected chi connectivity index (χ1v) is 5.60. The maximum Gasteiger partial charge on any atom is 0.125 e. The first-order chi connectivity index (χ1) is 7.51. The highest BCUT2D eigenvalue weighted by Crippen LogP contribution is 2.34. The van der Waals surface area contributed by atoms with E-state index >= 15 is 0 Å². The molecule has 0 radical (unpaired) electrons. The molecule has 0 aliphatic heterocycles. The van der Waals surface area contributed by atoms with Gasteiger partial charge in [-0.2, -0.15) is 0 Å². The van der Waals surface area contributed by atoms with Gasteiger partial charge in [0.15, 0.2) is 0 Å². The molecule has 0 aliphatic rings. The Kier molecular flexibility index (Phi) is 4.59. The lowest BCUT2D eigenvalue weighted by Crippen LogP contribution is -2.27. The van der Waals surface area contributed by atoms with Gasteiger partial charge in [0.2, 0.25) is 0 Å². The lowest BCUT2D eigenvalue weighted by molar-refractivity contribution is 0.0460. The number of ether oxygens (including phenoxy) is 1. The van der Waals surface area contributed by atoms with Crippen LogP contribution in [-0.4, -0.2) is 25.8 Å². The van der Waals surface area contributed by atoms with Crippen LogP contribution in [0.5, 0.6) is 5.75 Å². The summed E-state index contributed by atoms with van der Waals surface area (Å²) in [4.78, 5) is 0. The molecule has 0 saturated heterocycles. The molecule has 1 atom stereocenters. The molecule has 0 amide bonds. The summed E-state index contributed by atoms with van der Waals surface area (Å²) in [6.45, 7) is 2.49. The van der Waals surface area contributed by atoms with Gasteiger partial charge < -0.3 is 15.2 Å². The molecule has 1 aromatic rings. The maximum absolute atomic E-state index is 10.4. The Morgan fingerprint density at radius 1 is 1.50 bits per heavy atom. The van der Waals surface area contributed by atoms with E-state index in [0.717, 1.165) is 12.1 Å². The van der Waals surface area contributed by atoms with Crippen LogP contribution in [0.2, 0.25) is 5.02 Å². The minimum Gasteiger partial charge on any atom is -0.496 e. The highest BCUT2D eigenvalue weighted by Gasteiger charge is 2.26. The number of halogens is 1. The third-order valence-electron chi connectivity index (χ3n) is 2.60. The van der Waals surface area contributed by atoms with Crippen molar-refractivity contribution in [2.24, 2.45) is 0 Å². The van der Waals surface area contributed by atoms with Crippen LogP contribution in [0, 0.1) is 0 Å². The highest BCUT2D eigenvalue weighted by molar-refractivity contribution is 6.30. The van der Waals surface area contributed by atoms with E-state index in [9.17, 15) is 5.11 Å². The Morgan fingerprint density at radius 3 is 2.75 bits per heavy atom. The zero-order valence-electron chi connectivity index (χ0n) is 9.88. The fourth-order valence-corrected chi connectivity index (χ4v) is 1.78. The topological polar surface area (TPSA) is 41.5 Å². The van der Waals surface area contributed by atoms with Crippen LogP contribution in [0.15, 0.2) is 18.2 Å². The second kappa shape index (κ2) is 5.53. The first kappa shape index (κ1) is 13.3. The van der Waals surface area contributed by atoms with Crippen molar-refractivity contribution in [1.29, 1.82) is 0 Å². The molecule has 0 heterocycles. The van der Waals surface area contributed by atoms with Crippen molar-refractivity contribution >= 4 is 11.6 Å². The third-order valence-corrected chi connectivity index (χ3v) is 2.84. The standard InChI is InChI=1S/C12H18ClNO2/c1-12(15,6-7-14-2)10-8-9(13)4-5-11(10)16-3/h4-5,8,14-15H,6-7H2,1-3H3. The fraction of sp³-hybridized carbons (Fsp3) is 0.500. The molecule has 0 saturated carbocycles. The molecular formula is C12H18ClNO2. The number of aliphatic hydroxyl groups is 1. The molecule has 90 valence electrons. The molecule has 16 heavy (non-hydrogen) atoms. The second-order valence-corrected chi connectivity index (χ2v) is 4.41. The number of methoxy groups -OCH3 is 1. The number of rotatable bonds is 5. The van der Waals surface area contributed by atoms with E-state index in [1.54, 1.807) is 32.2 Å². The van der Waals surface area contributed by atoms with Gasteiger partial charge in [-0.15, -0.1) is 0 Å². The van der Waals surface area contributed by atoms with Crippen LogP contribution in [0.4, 0.5) is 0 Å². The van der Waals surface area contributed by atoms with E-state index in [1.807, 2.05) is 7.05 Å². The van der Waals surface area contributed by atoms with Crippen LogP contribution in [-0.2, 0) is 5.60 Å². The van der Waals surface area contributed by atoms with Crippen LogP contribution in [0.1, 0.15) is 18.9 Å². The molecule has 2 N–H and O–H groups in total. The number of hydrogen-bond acceptors (Lipinski definition) is 3. The first-order valence-electron chi connectivity index (χ1n) is 5.22. The Labute approximate surface area is 101 Å². The van der Waals surface area contributed by atoms with E-state index < -0.39 is 5.60 Å². The summed E-state index contributed by atoms with van der Waals surface area (Å²) in [5.74, 6) is 0.658. The molecule has 0 bridgehead atoms. The smallest absolute Gasteiger partial charge is 0.125 e. The second-order valence-electron chi connectivity index (χ2n) is 3.97. The molecule has 0 fully saturated rings. The van der Waals surface area contributed by atoms with Crippen LogP contribution in [0.25, 0.3) is 0 Å². The summed E-state index contributed by atoms with van der Waals surface area (Å²) in [6.07, 6.45) is 0.597. The number of benzene rings is 1. The minimum absolute atomic E-state index is 0.597. The minimum atomic E-state index is -0.945. The van der Waals surface area contributed by atoms with Gasteiger partial charge in [-0.1, -0.05) is 11.6 Å². The average Bonchev–Trinajstić information content (AvgIpc) is 2.26. The van der Waals surface area contributed by atoms with Crippen molar-refractivity contribution < 1.29 is 9.84 Å². The van der Waals surface area contributed by atoms with E-state index in [-0.39, 0.29) is 0 Å². The van der Waals surface area contributed by atoms with Crippen molar-refractivity contribution in [2.45, 2.75) is 18.9 Å². The van der Waals surface area contributed by atoms with Gasteiger partial charge in [0.1, 0.15) is 5.75 Å². The zero-order valence-corrected chi connectivity index (χ0v) is 10.6. The predicted octanol–water partition coefficient (Wildman–Crippen LogP) is 2.17. The fourth-order valence-electron chi connectivity index (χ4n) is 1.60. The highest BCUT2D eigenvalue weighted by atomic mass is 35.5. The zero-order chi connectivity index (χ0) is 12.2. The Morgan fingerprint density at radius 2 is 2.19 bits per heavy atom. The molecule has 0 aliphatic carbocycles. The number of nitrogens with one attached hydrogen (secondary N) is 1. The van der Waals surface area contributed by atoms with Gasteiger partial charge in [-0.05, 0) is 45.1 Å².